The van der Waals surface area contributed by atoms with Gasteiger partial charge in [0.15, 0.2) is 10.3 Å². The van der Waals surface area contributed by atoms with Crippen LogP contribution in [0.2, 0.25) is 10.3 Å². The molecule has 7 heteroatoms. The van der Waals surface area contributed by atoms with Crippen molar-refractivity contribution in [1.29, 1.82) is 0 Å². The van der Waals surface area contributed by atoms with Crippen LogP contribution in [-0.4, -0.2) is 20.9 Å². The van der Waals surface area contributed by atoms with Gasteiger partial charge >= 0.3 is 0 Å². The Balaban J connectivity index is 2.31. The normalized spacial score (nSPS) is 10.3. The molecule has 2 rings (SSSR count). The van der Waals surface area contributed by atoms with Gasteiger partial charge in [-0.25, -0.2) is 9.97 Å². The molecule has 2 heterocycles. The molecule has 5 nitrogen and oxygen atoms in total. The molecular formula is C12H10Cl2N4O. The molecule has 1 amide bonds. The van der Waals surface area contributed by atoms with E-state index in [0.29, 0.717) is 11.3 Å². The summed E-state index contributed by atoms with van der Waals surface area (Å²) in [4.78, 5) is 23.9. The van der Waals surface area contributed by atoms with Crippen LogP contribution in [0.5, 0.6) is 0 Å². The van der Waals surface area contributed by atoms with Crippen molar-refractivity contribution < 1.29 is 4.79 Å². The molecule has 0 atom stereocenters. The molecule has 19 heavy (non-hydrogen) atoms. The smallest absolute Gasteiger partial charge is 0.257 e. The molecule has 2 aromatic heterocycles. The maximum atomic E-state index is 12.1. The minimum Gasteiger partial charge on any atom is -0.317 e. The second-order valence-electron chi connectivity index (χ2n) is 3.87. The van der Waals surface area contributed by atoms with Crippen molar-refractivity contribution in [3.63, 3.8) is 0 Å². The Morgan fingerprint density at radius 2 is 1.79 bits per heavy atom. The van der Waals surface area contributed by atoms with Crippen molar-refractivity contribution in [3.05, 3.63) is 45.7 Å². The number of halogens is 2. The molecule has 0 aromatic carbocycles. The highest BCUT2D eigenvalue weighted by atomic mass is 35.5. The van der Waals surface area contributed by atoms with E-state index < -0.39 is 0 Å². The first kappa shape index (κ1) is 13.7. The third-order valence-electron chi connectivity index (χ3n) is 2.46. The number of carbonyl (C=O) groups is 1. The van der Waals surface area contributed by atoms with E-state index in [2.05, 4.69) is 20.3 Å². The molecule has 0 aliphatic heterocycles. The number of pyridine rings is 1. The molecule has 2 aromatic rings. The zero-order chi connectivity index (χ0) is 14.0. The topological polar surface area (TPSA) is 67.8 Å². The number of carbonyl (C=O) groups excluding carboxylic acids is 1. The number of rotatable bonds is 2. The Bertz CT molecular complexity index is 625. The Hall–Kier alpha value is -1.72. The Morgan fingerprint density at radius 3 is 2.37 bits per heavy atom. The number of hydrogen-bond acceptors (Lipinski definition) is 4. The average molecular weight is 297 g/mol. The molecule has 0 spiro atoms. The number of nitrogens with zero attached hydrogens (tertiary/aromatic N) is 3. The molecule has 0 aliphatic rings. The monoisotopic (exact) mass is 296 g/mol. The maximum Gasteiger partial charge on any atom is 0.257 e. The number of aryl methyl sites for hydroxylation is 2. The number of aromatic nitrogens is 3. The standard InChI is InChI=1S/C12H10Cl2N4O/c1-6-3-4-8(7(2)17-6)12(19)18-9-10(13)15-5-16-11(9)14/h3-5H,1-2H3,(H,18,19). The molecule has 0 fully saturated rings. The van der Waals surface area contributed by atoms with Crippen LogP contribution in [0.1, 0.15) is 21.7 Å². The van der Waals surface area contributed by atoms with E-state index in [1.165, 1.54) is 6.33 Å². The van der Waals surface area contributed by atoms with Gasteiger partial charge in [0.1, 0.15) is 12.0 Å². The fourth-order valence-electron chi connectivity index (χ4n) is 1.56. The number of amides is 1. The summed E-state index contributed by atoms with van der Waals surface area (Å²) in [7, 11) is 0. The first-order chi connectivity index (χ1) is 8.99. The SMILES string of the molecule is Cc1ccc(C(=O)Nc2c(Cl)ncnc2Cl)c(C)n1. The summed E-state index contributed by atoms with van der Waals surface area (Å²) in [5.41, 5.74) is 2.10. The maximum absolute atomic E-state index is 12.1. The molecule has 0 saturated carbocycles. The van der Waals surface area contributed by atoms with Gasteiger partial charge in [-0.1, -0.05) is 23.2 Å². The highest BCUT2D eigenvalue weighted by Gasteiger charge is 2.15. The Morgan fingerprint density at radius 1 is 1.16 bits per heavy atom. The third-order valence-corrected chi connectivity index (χ3v) is 3.04. The molecule has 0 unspecified atom stereocenters. The number of anilines is 1. The molecule has 0 saturated heterocycles. The summed E-state index contributed by atoms with van der Waals surface area (Å²) in [5, 5.41) is 2.77. The highest BCUT2D eigenvalue weighted by molar-refractivity contribution is 6.38. The minimum atomic E-state index is -0.358. The summed E-state index contributed by atoms with van der Waals surface area (Å²) in [5.74, 6) is -0.358. The molecule has 0 bridgehead atoms. The van der Waals surface area contributed by atoms with Gasteiger partial charge in [0, 0.05) is 5.69 Å². The van der Waals surface area contributed by atoms with Crippen LogP contribution in [0.25, 0.3) is 0 Å². The fourth-order valence-corrected chi connectivity index (χ4v) is 1.96. The highest BCUT2D eigenvalue weighted by Crippen LogP contribution is 2.26. The van der Waals surface area contributed by atoms with Gasteiger partial charge in [-0.2, -0.15) is 0 Å². The summed E-state index contributed by atoms with van der Waals surface area (Å²) in [6, 6.07) is 3.45. The second kappa shape index (κ2) is 5.50. The van der Waals surface area contributed by atoms with Crippen LogP contribution < -0.4 is 5.32 Å². The quantitative estimate of drug-likeness (QED) is 0.865. The van der Waals surface area contributed by atoms with E-state index >= 15 is 0 Å². The number of nitrogens with one attached hydrogen (secondary N) is 1. The van der Waals surface area contributed by atoms with Crippen LogP contribution in [-0.2, 0) is 0 Å². The lowest BCUT2D eigenvalue weighted by molar-refractivity contribution is 0.102. The largest absolute Gasteiger partial charge is 0.317 e. The zero-order valence-corrected chi connectivity index (χ0v) is 11.7. The molecule has 0 aliphatic carbocycles. The summed E-state index contributed by atoms with van der Waals surface area (Å²) in [6.45, 7) is 3.61. The van der Waals surface area contributed by atoms with Gasteiger partial charge in [-0.05, 0) is 26.0 Å². The van der Waals surface area contributed by atoms with Crippen molar-refractivity contribution >= 4 is 34.8 Å². The van der Waals surface area contributed by atoms with Crippen molar-refractivity contribution in [1.82, 2.24) is 15.0 Å². The lowest BCUT2D eigenvalue weighted by atomic mass is 10.1. The van der Waals surface area contributed by atoms with Crippen LogP contribution in [0.4, 0.5) is 5.69 Å². The van der Waals surface area contributed by atoms with Gasteiger partial charge < -0.3 is 5.32 Å². The Labute approximate surface area is 120 Å². The van der Waals surface area contributed by atoms with E-state index in [1.807, 2.05) is 6.92 Å². The van der Waals surface area contributed by atoms with Crippen molar-refractivity contribution in [2.24, 2.45) is 0 Å². The van der Waals surface area contributed by atoms with Gasteiger partial charge in [-0.15, -0.1) is 0 Å². The van der Waals surface area contributed by atoms with Gasteiger partial charge in [0.05, 0.1) is 11.3 Å². The van der Waals surface area contributed by atoms with E-state index in [9.17, 15) is 4.79 Å². The molecule has 98 valence electrons. The van der Waals surface area contributed by atoms with Crippen molar-refractivity contribution in [2.45, 2.75) is 13.8 Å². The van der Waals surface area contributed by atoms with E-state index in [4.69, 9.17) is 23.2 Å². The Kier molecular flexibility index (Phi) is 3.97. The minimum absolute atomic E-state index is 0.0890. The van der Waals surface area contributed by atoms with Gasteiger partial charge in [0.25, 0.3) is 5.91 Å². The van der Waals surface area contributed by atoms with E-state index in [1.54, 1.807) is 19.1 Å². The van der Waals surface area contributed by atoms with Gasteiger partial charge in [-0.3, -0.25) is 9.78 Å². The van der Waals surface area contributed by atoms with Gasteiger partial charge in [0.2, 0.25) is 0 Å². The van der Waals surface area contributed by atoms with Crippen LogP contribution in [0.15, 0.2) is 18.5 Å². The number of hydrogen-bond donors (Lipinski definition) is 1. The van der Waals surface area contributed by atoms with E-state index in [-0.39, 0.29) is 21.9 Å². The van der Waals surface area contributed by atoms with Crippen LogP contribution in [0, 0.1) is 13.8 Å². The third kappa shape index (κ3) is 3.00. The predicted octanol–water partition coefficient (Wildman–Crippen LogP) is 3.05. The fraction of sp³-hybridized carbons (Fsp3) is 0.167. The lowest BCUT2D eigenvalue weighted by Crippen LogP contribution is -2.15. The summed E-state index contributed by atoms with van der Waals surface area (Å²) < 4.78 is 0. The zero-order valence-electron chi connectivity index (χ0n) is 10.2. The first-order valence-electron chi connectivity index (χ1n) is 5.40. The molecular weight excluding hydrogens is 287 g/mol. The van der Waals surface area contributed by atoms with Crippen molar-refractivity contribution in [2.75, 3.05) is 5.32 Å². The van der Waals surface area contributed by atoms with E-state index in [0.717, 1.165) is 5.69 Å². The molecule has 1 N–H and O–H groups in total. The van der Waals surface area contributed by atoms with Crippen molar-refractivity contribution in [3.8, 4) is 0 Å². The predicted molar refractivity (Wildman–Crippen MR) is 73.7 cm³/mol. The first-order valence-corrected chi connectivity index (χ1v) is 6.16. The molecule has 0 radical (unpaired) electrons. The second-order valence-corrected chi connectivity index (χ2v) is 4.59. The summed E-state index contributed by atoms with van der Waals surface area (Å²) >= 11 is 11.7. The average Bonchev–Trinajstić information content (AvgIpc) is 2.33. The summed E-state index contributed by atoms with van der Waals surface area (Å²) in [6.07, 6.45) is 1.22. The lowest BCUT2D eigenvalue weighted by Gasteiger charge is -2.09. The van der Waals surface area contributed by atoms with Crippen LogP contribution in [0.3, 0.4) is 0 Å². The van der Waals surface area contributed by atoms with Crippen LogP contribution >= 0.6 is 23.2 Å².